The lowest BCUT2D eigenvalue weighted by molar-refractivity contribution is 0.198. The Morgan fingerprint density at radius 3 is 2.71 bits per heavy atom. The summed E-state index contributed by atoms with van der Waals surface area (Å²) < 4.78 is 5.06. The second-order valence-electron chi connectivity index (χ2n) is 3.34. The molecule has 0 radical (unpaired) electrons. The molecule has 0 saturated heterocycles. The van der Waals surface area contributed by atoms with Crippen molar-refractivity contribution in [3.63, 3.8) is 0 Å². The van der Waals surface area contributed by atoms with Gasteiger partial charge < -0.3 is 4.74 Å². The zero-order valence-corrected chi connectivity index (χ0v) is 11.2. The van der Waals surface area contributed by atoms with E-state index in [1.54, 1.807) is 18.4 Å². The molecule has 0 aliphatic carbocycles. The number of hydrogen-bond acceptors (Lipinski definition) is 3. The number of halogens is 1. The summed E-state index contributed by atoms with van der Waals surface area (Å²) in [5, 5.41) is 1.24. The van der Waals surface area contributed by atoms with Gasteiger partial charge in [0, 0.05) is 23.2 Å². The molecule has 0 saturated carbocycles. The van der Waals surface area contributed by atoms with Gasteiger partial charge in [0.15, 0.2) is 0 Å². The smallest absolute Gasteiger partial charge is 0.0931 e. The molecule has 1 unspecified atom stereocenters. The molecule has 0 aliphatic heterocycles. The summed E-state index contributed by atoms with van der Waals surface area (Å²) in [4.78, 5) is 6.27. The fourth-order valence-electron chi connectivity index (χ4n) is 1.19. The molecular formula is C10H16BrNOS. The third kappa shape index (κ3) is 3.67. The highest BCUT2D eigenvalue weighted by atomic mass is 79.9. The van der Waals surface area contributed by atoms with E-state index in [9.17, 15) is 0 Å². The molecule has 0 spiro atoms. The maximum absolute atomic E-state index is 5.06. The van der Waals surface area contributed by atoms with Crippen LogP contribution in [-0.4, -0.2) is 23.5 Å². The van der Waals surface area contributed by atoms with Crippen LogP contribution in [0, 0.1) is 13.8 Å². The van der Waals surface area contributed by atoms with Crippen LogP contribution in [0.2, 0.25) is 0 Å². The standard InChI is InChI=1S/C10H16BrNOS/c1-7-8(2)14-10(12-7)5-4-9(11)6-13-3/h9H,4-6H2,1-3H3. The number of thiazole rings is 1. The molecule has 1 heterocycles. The number of methoxy groups -OCH3 is 1. The minimum atomic E-state index is 0.442. The van der Waals surface area contributed by atoms with Crippen molar-refractivity contribution in [1.82, 2.24) is 4.98 Å². The lowest BCUT2D eigenvalue weighted by Crippen LogP contribution is -2.07. The van der Waals surface area contributed by atoms with Crippen molar-refractivity contribution in [2.45, 2.75) is 31.5 Å². The van der Waals surface area contributed by atoms with Gasteiger partial charge in [0.25, 0.3) is 0 Å². The monoisotopic (exact) mass is 277 g/mol. The molecule has 1 aromatic rings. The van der Waals surface area contributed by atoms with E-state index in [-0.39, 0.29) is 0 Å². The Morgan fingerprint density at radius 1 is 1.50 bits per heavy atom. The topological polar surface area (TPSA) is 22.1 Å². The summed E-state index contributed by atoms with van der Waals surface area (Å²) in [6.45, 7) is 4.96. The molecule has 2 nitrogen and oxygen atoms in total. The first-order valence-electron chi connectivity index (χ1n) is 4.69. The predicted molar refractivity (Wildman–Crippen MR) is 64.5 cm³/mol. The number of alkyl halides is 1. The van der Waals surface area contributed by atoms with Crippen molar-refractivity contribution in [2.24, 2.45) is 0 Å². The highest BCUT2D eigenvalue weighted by Gasteiger charge is 2.07. The van der Waals surface area contributed by atoms with Crippen LogP contribution in [0.1, 0.15) is 22.0 Å². The summed E-state index contributed by atoms with van der Waals surface area (Å²) in [5.74, 6) is 0. The molecule has 80 valence electrons. The zero-order chi connectivity index (χ0) is 10.6. The minimum absolute atomic E-state index is 0.442. The van der Waals surface area contributed by atoms with Crippen LogP contribution in [0.15, 0.2) is 0 Å². The summed E-state index contributed by atoms with van der Waals surface area (Å²) in [5.41, 5.74) is 1.17. The van der Waals surface area contributed by atoms with Gasteiger partial charge in [-0.25, -0.2) is 4.98 Å². The van der Waals surface area contributed by atoms with Gasteiger partial charge in [0.05, 0.1) is 17.3 Å². The summed E-state index contributed by atoms with van der Waals surface area (Å²) >= 11 is 5.37. The van der Waals surface area contributed by atoms with E-state index in [1.807, 2.05) is 0 Å². The highest BCUT2D eigenvalue weighted by Crippen LogP contribution is 2.19. The maximum atomic E-state index is 5.06. The Balaban J connectivity index is 2.38. The van der Waals surface area contributed by atoms with Gasteiger partial charge in [-0.1, -0.05) is 15.9 Å². The molecule has 0 amide bonds. The van der Waals surface area contributed by atoms with Crippen molar-refractivity contribution >= 4 is 27.3 Å². The second-order valence-corrected chi connectivity index (χ2v) is 5.92. The van der Waals surface area contributed by atoms with Gasteiger partial charge in [-0.3, -0.25) is 0 Å². The quantitative estimate of drug-likeness (QED) is 0.772. The van der Waals surface area contributed by atoms with Crippen molar-refractivity contribution < 1.29 is 4.74 Å². The van der Waals surface area contributed by atoms with Crippen molar-refractivity contribution in [3.05, 3.63) is 15.6 Å². The Morgan fingerprint density at radius 2 is 2.21 bits per heavy atom. The first-order valence-corrected chi connectivity index (χ1v) is 6.42. The highest BCUT2D eigenvalue weighted by molar-refractivity contribution is 9.09. The van der Waals surface area contributed by atoms with E-state index in [2.05, 4.69) is 34.8 Å². The minimum Gasteiger partial charge on any atom is -0.384 e. The first-order chi connectivity index (χ1) is 6.63. The number of hydrogen-bond donors (Lipinski definition) is 0. The van der Waals surface area contributed by atoms with Crippen LogP contribution >= 0.6 is 27.3 Å². The molecular weight excluding hydrogens is 262 g/mol. The summed E-state index contributed by atoms with van der Waals surface area (Å²) in [6, 6.07) is 0. The van der Waals surface area contributed by atoms with Crippen LogP contribution in [-0.2, 0) is 11.2 Å². The van der Waals surface area contributed by atoms with Crippen LogP contribution in [0.3, 0.4) is 0 Å². The van der Waals surface area contributed by atoms with E-state index in [1.165, 1.54) is 15.6 Å². The lowest BCUT2D eigenvalue weighted by Gasteiger charge is -2.05. The number of aromatic nitrogens is 1. The molecule has 0 N–H and O–H groups in total. The van der Waals surface area contributed by atoms with Gasteiger partial charge in [-0.15, -0.1) is 11.3 Å². The van der Waals surface area contributed by atoms with Crippen LogP contribution < -0.4 is 0 Å². The summed E-state index contributed by atoms with van der Waals surface area (Å²) in [7, 11) is 1.73. The third-order valence-corrected chi connectivity index (χ3v) is 3.95. The zero-order valence-electron chi connectivity index (χ0n) is 8.84. The number of rotatable bonds is 5. The predicted octanol–water partition coefficient (Wildman–Crippen LogP) is 3.10. The molecule has 0 fully saturated rings. The average molecular weight is 278 g/mol. The molecule has 1 atom stereocenters. The average Bonchev–Trinajstić information content (AvgIpc) is 2.44. The first kappa shape index (κ1) is 12.1. The molecule has 0 aliphatic rings. The van der Waals surface area contributed by atoms with Gasteiger partial charge in [0.1, 0.15) is 0 Å². The Labute approximate surface area is 97.8 Å². The Kier molecular flexibility index (Phi) is 5.06. The van der Waals surface area contributed by atoms with E-state index >= 15 is 0 Å². The normalized spacial score (nSPS) is 13.1. The molecule has 4 heteroatoms. The van der Waals surface area contributed by atoms with Crippen molar-refractivity contribution in [2.75, 3.05) is 13.7 Å². The number of ether oxygens (including phenoxy) is 1. The summed E-state index contributed by atoms with van der Waals surface area (Å²) in [6.07, 6.45) is 2.12. The van der Waals surface area contributed by atoms with Crippen LogP contribution in [0.4, 0.5) is 0 Å². The maximum Gasteiger partial charge on any atom is 0.0931 e. The van der Waals surface area contributed by atoms with Gasteiger partial charge in [-0.05, 0) is 20.3 Å². The van der Waals surface area contributed by atoms with Gasteiger partial charge in [-0.2, -0.15) is 0 Å². The van der Waals surface area contributed by atoms with E-state index in [0.717, 1.165) is 19.4 Å². The number of aryl methyl sites for hydroxylation is 3. The van der Waals surface area contributed by atoms with Gasteiger partial charge in [0.2, 0.25) is 0 Å². The molecule has 0 aromatic carbocycles. The lowest BCUT2D eigenvalue weighted by atomic mass is 10.2. The van der Waals surface area contributed by atoms with Crippen LogP contribution in [0.25, 0.3) is 0 Å². The fourth-order valence-corrected chi connectivity index (χ4v) is 2.63. The molecule has 1 aromatic heterocycles. The second kappa shape index (κ2) is 5.83. The van der Waals surface area contributed by atoms with E-state index in [0.29, 0.717) is 4.83 Å². The SMILES string of the molecule is COCC(Br)CCc1nc(C)c(C)s1. The third-order valence-electron chi connectivity index (χ3n) is 2.09. The fraction of sp³-hybridized carbons (Fsp3) is 0.700. The largest absolute Gasteiger partial charge is 0.384 e. The van der Waals surface area contributed by atoms with E-state index in [4.69, 9.17) is 4.74 Å². The Bertz CT molecular complexity index is 268. The van der Waals surface area contributed by atoms with Crippen molar-refractivity contribution in [1.29, 1.82) is 0 Å². The number of nitrogens with zero attached hydrogens (tertiary/aromatic N) is 1. The van der Waals surface area contributed by atoms with Gasteiger partial charge >= 0.3 is 0 Å². The molecule has 0 bridgehead atoms. The van der Waals surface area contributed by atoms with Crippen LogP contribution in [0.5, 0.6) is 0 Å². The van der Waals surface area contributed by atoms with Crippen molar-refractivity contribution in [3.8, 4) is 0 Å². The van der Waals surface area contributed by atoms with E-state index < -0.39 is 0 Å². The molecule has 14 heavy (non-hydrogen) atoms. The molecule has 1 rings (SSSR count). The Hall–Kier alpha value is 0.0700.